The molecule has 1 aliphatic carbocycles. The van der Waals surface area contributed by atoms with Crippen LogP contribution in [0.5, 0.6) is 0 Å². The summed E-state index contributed by atoms with van der Waals surface area (Å²) in [6.07, 6.45) is 4.11. The average Bonchev–Trinajstić information content (AvgIpc) is 3.29. The van der Waals surface area contributed by atoms with Gasteiger partial charge in [-0.3, -0.25) is 9.59 Å². The number of benzene rings is 1. The second-order valence-corrected chi connectivity index (χ2v) is 10.4. The van der Waals surface area contributed by atoms with E-state index in [0.717, 1.165) is 46.8 Å². The van der Waals surface area contributed by atoms with E-state index in [9.17, 15) is 9.59 Å². The number of nitrogens with zero attached hydrogens (tertiary/aromatic N) is 1. The molecule has 7 heteroatoms. The van der Waals surface area contributed by atoms with Crippen molar-refractivity contribution in [3.63, 3.8) is 0 Å². The number of rotatable bonds is 6. The summed E-state index contributed by atoms with van der Waals surface area (Å²) in [5.41, 5.74) is 4.58. The lowest BCUT2D eigenvalue weighted by atomic mass is 9.91. The quantitative estimate of drug-likeness (QED) is 0.395. The topological polar surface area (TPSA) is 59.1 Å². The van der Waals surface area contributed by atoms with Crippen molar-refractivity contribution in [3.8, 4) is 0 Å². The Morgan fingerprint density at radius 3 is 2.62 bits per heavy atom. The highest BCUT2D eigenvalue weighted by atomic mass is 32.2. The molecule has 1 amide bonds. The van der Waals surface area contributed by atoms with Gasteiger partial charge in [-0.15, -0.1) is 22.7 Å². The molecule has 0 spiro atoms. The second-order valence-electron chi connectivity index (χ2n) is 7.20. The van der Waals surface area contributed by atoms with Gasteiger partial charge in [0.05, 0.1) is 11.3 Å². The standard InChI is InChI=1S/C22H22N2O2S3/c1-13-7-9-15(10-8-13)20(26)19-16-5-3-4-6-17(16)29-21(19)24-18(25)12-28-22-23-14(2)11-27-22/h7-11H,3-6,12H2,1-2H3,(H,24,25). The van der Waals surface area contributed by atoms with Gasteiger partial charge in [-0.2, -0.15) is 0 Å². The molecule has 2 aromatic heterocycles. The van der Waals surface area contributed by atoms with Crippen LogP contribution in [0.3, 0.4) is 0 Å². The molecular weight excluding hydrogens is 420 g/mol. The molecule has 0 unspecified atom stereocenters. The first kappa shape index (κ1) is 20.3. The lowest BCUT2D eigenvalue weighted by Gasteiger charge is -2.13. The minimum Gasteiger partial charge on any atom is -0.316 e. The van der Waals surface area contributed by atoms with Crippen LogP contribution in [0.1, 0.15) is 50.5 Å². The number of fused-ring (bicyclic) bond motifs is 1. The van der Waals surface area contributed by atoms with Crippen LogP contribution < -0.4 is 5.32 Å². The third-order valence-electron chi connectivity index (χ3n) is 4.89. The van der Waals surface area contributed by atoms with Gasteiger partial charge in [0.15, 0.2) is 10.1 Å². The van der Waals surface area contributed by atoms with Crippen LogP contribution in [0.25, 0.3) is 0 Å². The molecule has 4 rings (SSSR count). The molecule has 4 nitrogen and oxygen atoms in total. The first-order chi connectivity index (χ1) is 14.0. The number of nitrogens with one attached hydrogen (secondary N) is 1. The molecule has 0 atom stereocenters. The van der Waals surface area contributed by atoms with Crippen molar-refractivity contribution in [2.24, 2.45) is 0 Å². The monoisotopic (exact) mass is 442 g/mol. The van der Waals surface area contributed by atoms with E-state index in [1.54, 1.807) is 22.7 Å². The first-order valence-electron chi connectivity index (χ1n) is 9.62. The summed E-state index contributed by atoms with van der Waals surface area (Å²) in [5.74, 6) is 0.190. The molecule has 1 aliphatic rings. The van der Waals surface area contributed by atoms with Crippen molar-refractivity contribution in [2.45, 2.75) is 43.9 Å². The maximum absolute atomic E-state index is 13.3. The van der Waals surface area contributed by atoms with Gasteiger partial charge in [-0.1, -0.05) is 41.6 Å². The van der Waals surface area contributed by atoms with E-state index in [4.69, 9.17) is 0 Å². The zero-order valence-electron chi connectivity index (χ0n) is 16.4. The van der Waals surface area contributed by atoms with Gasteiger partial charge in [0.1, 0.15) is 5.00 Å². The maximum atomic E-state index is 13.3. The van der Waals surface area contributed by atoms with E-state index in [1.165, 1.54) is 16.6 Å². The van der Waals surface area contributed by atoms with Crippen molar-refractivity contribution in [2.75, 3.05) is 11.1 Å². The Labute approximate surface area is 182 Å². The van der Waals surface area contributed by atoms with E-state index in [-0.39, 0.29) is 17.4 Å². The molecule has 0 aliphatic heterocycles. The summed E-state index contributed by atoms with van der Waals surface area (Å²) in [6.45, 7) is 3.95. The number of amides is 1. The maximum Gasteiger partial charge on any atom is 0.235 e. The smallest absolute Gasteiger partial charge is 0.235 e. The summed E-state index contributed by atoms with van der Waals surface area (Å²) in [7, 11) is 0. The lowest BCUT2D eigenvalue weighted by molar-refractivity contribution is -0.113. The molecule has 3 aromatic rings. The zero-order valence-corrected chi connectivity index (χ0v) is 18.9. The highest BCUT2D eigenvalue weighted by Crippen LogP contribution is 2.39. The predicted octanol–water partition coefficient (Wildman–Crippen LogP) is 5.66. The first-order valence-corrected chi connectivity index (χ1v) is 12.3. The Morgan fingerprint density at radius 1 is 1.14 bits per heavy atom. The van der Waals surface area contributed by atoms with E-state index in [1.807, 2.05) is 43.5 Å². The summed E-state index contributed by atoms with van der Waals surface area (Å²) in [4.78, 5) is 31.5. The van der Waals surface area contributed by atoms with Crippen molar-refractivity contribution < 1.29 is 9.59 Å². The molecule has 29 heavy (non-hydrogen) atoms. The van der Waals surface area contributed by atoms with Crippen LogP contribution in [0.15, 0.2) is 34.0 Å². The molecule has 0 saturated carbocycles. The number of thioether (sulfide) groups is 1. The number of thiazole rings is 1. The lowest BCUT2D eigenvalue weighted by Crippen LogP contribution is -2.16. The minimum atomic E-state index is -0.0978. The average molecular weight is 443 g/mol. The molecule has 1 aromatic carbocycles. The number of aryl methyl sites for hydroxylation is 3. The van der Waals surface area contributed by atoms with Crippen LogP contribution in [0.4, 0.5) is 5.00 Å². The normalized spacial score (nSPS) is 13.2. The Bertz CT molecular complexity index is 1050. The summed E-state index contributed by atoms with van der Waals surface area (Å²) in [5, 5.41) is 5.70. The molecule has 0 fully saturated rings. The summed E-state index contributed by atoms with van der Waals surface area (Å²) in [6, 6.07) is 7.65. The Morgan fingerprint density at radius 2 is 1.90 bits per heavy atom. The molecule has 2 heterocycles. The second kappa shape index (κ2) is 8.81. The number of ketones is 1. The van der Waals surface area contributed by atoms with Crippen LogP contribution in [0.2, 0.25) is 0 Å². The molecule has 1 N–H and O–H groups in total. The Hall–Kier alpha value is -1.96. The summed E-state index contributed by atoms with van der Waals surface area (Å²) < 4.78 is 0.888. The van der Waals surface area contributed by atoms with E-state index in [0.29, 0.717) is 16.1 Å². The third kappa shape index (κ3) is 4.63. The fourth-order valence-electron chi connectivity index (χ4n) is 3.43. The number of carbonyl (C=O) groups is 2. The minimum absolute atomic E-state index is 0.00269. The number of carbonyl (C=O) groups excluding carboxylic acids is 2. The molecule has 0 saturated heterocycles. The van der Waals surface area contributed by atoms with Crippen molar-refractivity contribution in [1.29, 1.82) is 0 Å². The molecule has 150 valence electrons. The fourth-order valence-corrected chi connectivity index (χ4v) is 6.38. The molecule has 0 bridgehead atoms. The van der Waals surface area contributed by atoms with Crippen LogP contribution in [-0.4, -0.2) is 22.4 Å². The van der Waals surface area contributed by atoms with Gasteiger partial charge in [0.25, 0.3) is 0 Å². The van der Waals surface area contributed by atoms with Gasteiger partial charge < -0.3 is 5.32 Å². The number of aromatic nitrogens is 1. The largest absolute Gasteiger partial charge is 0.316 e. The molecule has 0 radical (unpaired) electrons. The zero-order chi connectivity index (χ0) is 20.4. The van der Waals surface area contributed by atoms with Gasteiger partial charge in [-0.05, 0) is 45.1 Å². The highest BCUT2D eigenvalue weighted by molar-refractivity contribution is 8.01. The van der Waals surface area contributed by atoms with Crippen molar-refractivity contribution in [3.05, 3.63) is 62.5 Å². The van der Waals surface area contributed by atoms with E-state index in [2.05, 4.69) is 10.3 Å². The van der Waals surface area contributed by atoms with Crippen LogP contribution in [0, 0.1) is 13.8 Å². The van der Waals surface area contributed by atoms with Gasteiger partial charge in [0.2, 0.25) is 5.91 Å². The predicted molar refractivity (Wildman–Crippen MR) is 122 cm³/mol. The van der Waals surface area contributed by atoms with Gasteiger partial charge >= 0.3 is 0 Å². The SMILES string of the molecule is Cc1ccc(C(=O)c2c(NC(=O)CSc3nc(C)cs3)sc3c2CCCC3)cc1. The van der Waals surface area contributed by atoms with E-state index >= 15 is 0 Å². The van der Waals surface area contributed by atoms with Crippen molar-refractivity contribution in [1.82, 2.24) is 4.98 Å². The fraction of sp³-hybridized carbons (Fsp3) is 0.318. The van der Waals surface area contributed by atoms with Gasteiger partial charge in [-0.25, -0.2) is 4.98 Å². The third-order valence-corrected chi connectivity index (χ3v) is 8.24. The number of anilines is 1. The Balaban J connectivity index is 1.57. The Kier molecular flexibility index (Phi) is 6.18. The number of hydrogen-bond donors (Lipinski definition) is 1. The number of thiophene rings is 1. The van der Waals surface area contributed by atoms with Crippen molar-refractivity contribution >= 4 is 51.1 Å². The highest BCUT2D eigenvalue weighted by Gasteiger charge is 2.27. The van der Waals surface area contributed by atoms with Crippen LogP contribution in [-0.2, 0) is 17.6 Å². The van der Waals surface area contributed by atoms with Crippen LogP contribution >= 0.6 is 34.4 Å². The number of hydrogen-bond acceptors (Lipinski definition) is 6. The molecular formula is C22H22N2O2S3. The van der Waals surface area contributed by atoms with E-state index < -0.39 is 0 Å². The summed E-state index contributed by atoms with van der Waals surface area (Å²) >= 11 is 4.54. The van der Waals surface area contributed by atoms with Gasteiger partial charge in [0, 0.05) is 21.5 Å².